The number of halogens is 3. The number of hydrogen-bond acceptors (Lipinski definition) is 3. The Kier molecular flexibility index (Phi) is 5.79. The van der Waals surface area contributed by atoms with Gasteiger partial charge in [-0.15, -0.1) is 0 Å². The zero-order chi connectivity index (χ0) is 15.4. The van der Waals surface area contributed by atoms with Gasteiger partial charge in [0.15, 0.2) is 0 Å². The van der Waals surface area contributed by atoms with Crippen LogP contribution in [0, 0.1) is 0 Å². The molecule has 0 heterocycles. The third-order valence-corrected chi connectivity index (χ3v) is 4.27. The summed E-state index contributed by atoms with van der Waals surface area (Å²) in [6, 6.07) is 9.04. The molecule has 0 radical (unpaired) electrons. The fourth-order valence-electron chi connectivity index (χ4n) is 1.82. The van der Waals surface area contributed by atoms with Crippen LogP contribution in [-0.2, 0) is 6.54 Å². The number of phenols is 1. The molecule has 0 aromatic heterocycles. The number of benzene rings is 2. The third kappa shape index (κ3) is 4.28. The molecule has 2 aromatic carbocycles. The summed E-state index contributed by atoms with van der Waals surface area (Å²) in [6.07, 6.45) is 0. The van der Waals surface area contributed by atoms with Crippen molar-refractivity contribution in [2.24, 2.45) is 0 Å². The van der Waals surface area contributed by atoms with Crippen LogP contribution in [0.3, 0.4) is 0 Å². The van der Waals surface area contributed by atoms with E-state index in [9.17, 15) is 5.11 Å². The summed E-state index contributed by atoms with van der Waals surface area (Å²) in [5, 5.41) is 13.0. The summed E-state index contributed by atoms with van der Waals surface area (Å²) in [7, 11) is 0. The second kappa shape index (κ2) is 7.38. The van der Waals surface area contributed by atoms with Crippen molar-refractivity contribution in [2.75, 3.05) is 11.9 Å². The van der Waals surface area contributed by atoms with Gasteiger partial charge in [-0.05, 0) is 74.7 Å². The van der Waals surface area contributed by atoms with Gasteiger partial charge in [0.1, 0.15) is 11.5 Å². The maximum atomic E-state index is 9.40. The summed E-state index contributed by atoms with van der Waals surface area (Å²) in [6.45, 7) is 3.19. The SMILES string of the molecule is CCOc1c(Br)cc(CNc2ccc(O)c(Cl)c2)cc1Br. The van der Waals surface area contributed by atoms with E-state index in [1.165, 1.54) is 0 Å². The number of anilines is 1. The van der Waals surface area contributed by atoms with E-state index in [-0.39, 0.29) is 5.75 Å². The molecule has 2 rings (SSSR count). The molecule has 2 N–H and O–H groups in total. The molecule has 0 aliphatic carbocycles. The molecule has 3 nitrogen and oxygen atoms in total. The molecule has 0 aliphatic heterocycles. The van der Waals surface area contributed by atoms with E-state index in [1.807, 2.05) is 19.1 Å². The Labute approximate surface area is 145 Å². The summed E-state index contributed by atoms with van der Waals surface area (Å²) >= 11 is 12.9. The highest BCUT2D eigenvalue weighted by atomic mass is 79.9. The molecule has 112 valence electrons. The monoisotopic (exact) mass is 433 g/mol. The fraction of sp³-hybridized carbons (Fsp3) is 0.200. The Morgan fingerprint density at radius 3 is 2.43 bits per heavy atom. The molecule has 0 saturated carbocycles. The number of rotatable bonds is 5. The Bertz CT molecular complexity index is 627. The first-order valence-electron chi connectivity index (χ1n) is 6.34. The van der Waals surface area contributed by atoms with Gasteiger partial charge in [-0.25, -0.2) is 0 Å². The Hall–Kier alpha value is -0.910. The number of hydrogen-bond donors (Lipinski definition) is 2. The van der Waals surface area contributed by atoms with Crippen LogP contribution in [0.25, 0.3) is 0 Å². The van der Waals surface area contributed by atoms with Crippen LogP contribution < -0.4 is 10.1 Å². The lowest BCUT2D eigenvalue weighted by atomic mass is 10.2. The van der Waals surface area contributed by atoms with Crippen molar-refractivity contribution in [1.29, 1.82) is 0 Å². The average Bonchev–Trinajstić information content (AvgIpc) is 2.44. The van der Waals surface area contributed by atoms with Crippen LogP contribution in [-0.4, -0.2) is 11.7 Å². The van der Waals surface area contributed by atoms with E-state index >= 15 is 0 Å². The van der Waals surface area contributed by atoms with Gasteiger partial charge in [-0.1, -0.05) is 11.6 Å². The Morgan fingerprint density at radius 2 is 1.86 bits per heavy atom. The van der Waals surface area contributed by atoms with E-state index in [0.717, 1.165) is 25.9 Å². The van der Waals surface area contributed by atoms with Gasteiger partial charge in [0, 0.05) is 12.2 Å². The summed E-state index contributed by atoms with van der Waals surface area (Å²) in [5.41, 5.74) is 1.93. The minimum atomic E-state index is 0.0776. The Balaban J connectivity index is 2.11. The van der Waals surface area contributed by atoms with Gasteiger partial charge in [0.05, 0.1) is 20.6 Å². The van der Waals surface area contributed by atoms with Crippen LogP contribution >= 0.6 is 43.5 Å². The van der Waals surface area contributed by atoms with E-state index in [2.05, 4.69) is 37.2 Å². The molecule has 0 atom stereocenters. The van der Waals surface area contributed by atoms with Crippen molar-refractivity contribution in [3.63, 3.8) is 0 Å². The lowest BCUT2D eigenvalue weighted by molar-refractivity contribution is 0.336. The van der Waals surface area contributed by atoms with E-state index in [4.69, 9.17) is 16.3 Å². The molecule has 0 saturated heterocycles. The summed E-state index contributed by atoms with van der Waals surface area (Å²) < 4.78 is 7.36. The maximum Gasteiger partial charge on any atom is 0.147 e. The number of aromatic hydroxyl groups is 1. The molecule has 0 fully saturated rings. The van der Waals surface area contributed by atoms with Crippen molar-refractivity contribution >= 4 is 49.1 Å². The molecule has 0 unspecified atom stereocenters. The van der Waals surface area contributed by atoms with Gasteiger partial charge >= 0.3 is 0 Å². The minimum Gasteiger partial charge on any atom is -0.506 e. The first kappa shape index (κ1) is 16.5. The zero-order valence-corrected chi connectivity index (χ0v) is 15.2. The van der Waals surface area contributed by atoms with Gasteiger partial charge in [0.25, 0.3) is 0 Å². The maximum absolute atomic E-state index is 9.40. The van der Waals surface area contributed by atoms with E-state index in [0.29, 0.717) is 18.2 Å². The highest BCUT2D eigenvalue weighted by molar-refractivity contribution is 9.11. The van der Waals surface area contributed by atoms with Crippen molar-refractivity contribution < 1.29 is 9.84 Å². The summed E-state index contributed by atoms with van der Waals surface area (Å²) in [4.78, 5) is 0. The molecule has 0 aliphatic rings. The molecule has 21 heavy (non-hydrogen) atoms. The number of ether oxygens (including phenoxy) is 1. The normalized spacial score (nSPS) is 10.5. The van der Waals surface area contributed by atoms with Crippen molar-refractivity contribution in [1.82, 2.24) is 0 Å². The molecule has 2 aromatic rings. The number of nitrogens with one attached hydrogen (secondary N) is 1. The van der Waals surface area contributed by atoms with Gasteiger partial charge in [-0.2, -0.15) is 0 Å². The average molecular weight is 436 g/mol. The lowest BCUT2D eigenvalue weighted by Crippen LogP contribution is -2.01. The smallest absolute Gasteiger partial charge is 0.147 e. The van der Waals surface area contributed by atoms with E-state index in [1.54, 1.807) is 18.2 Å². The van der Waals surface area contributed by atoms with Gasteiger partial charge < -0.3 is 15.2 Å². The van der Waals surface area contributed by atoms with Crippen LogP contribution in [0.5, 0.6) is 11.5 Å². The quantitative estimate of drug-likeness (QED) is 0.603. The predicted octanol–water partition coefficient (Wildman–Crippen LogP) is 5.58. The molecule has 6 heteroatoms. The highest BCUT2D eigenvalue weighted by Crippen LogP contribution is 2.35. The zero-order valence-electron chi connectivity index (χ0n) is 11.3. The van der Waals surface area contributed by atoms with Crippen molar-refractivity contribution in [2.45, 2.75) is 13.5 Å². The van der Waals surface area contributed by atoms with Crippen molar-refractivity contribution in [3.8, 4) is 11.5 Å². The van der Waals surface area contributed by atoms with Crippen LogP contribution in [0.15, 0.2) is 39.3 Å². The second-order valence-corrected chi connectivity index (χ2v) is 6.46. The highest BCUT2D eigenvalue weighted by Gasteiger charge is 2.08. The minimum absolute atomic E-state index is 0.0776. The molecule has 0 amide bonds. The first-order valence-corrected chi connectivity index (χ1v) is 8.30. The standard InChI is InChI=1S/C15H14Br2ClNO2/c1-2-21-15-11(16)5-9(6-12(15)17)8-19-10-3-4-14(20)13(18)7-10/h3-7,19-20H,2,8H2,1H3. The molecular formula is C15H14Br2ClNO2. The fourth-order valence-corrected chi connectivity index (χ4v) is 3.51. The largest absolute Gasteiger partial charge is 0.506 e. The van der Waals surface area contributed by atoms with Crippen LogP contribution in [0.1, 0.15) is 12.5 Å². The molecule has 0 bridgehead atoms. The molecule has 0 spiro atoms. The first-order chi connectivity index (χ1) is 10.0. The topological polar surface area (TPSA) is 41.5 Å². The van der Waals surface area contributed by atoms with Gasteiger partial charge in [-0.3, -0.25) is 0 Å². The third-order valence-electron chi connectivity index (χ3n) is 2.79. The van der Waals surface area contributed by atoms with E-state index < -0.39 is 0 Å². The van der Waals surface area contributed by atoms with Gasteiger partial charge in [0.2, 0.25) is 0 Å². The van der Waals surface area contributed by atoms with Crippen LogP contribution in [0.4, 0.5) is 5.69 Å². The Morgan fingerprint density at radius 1 is 1.19 bits per heavy atom. The molecular weight excluding hydrogens is 421 g/mol. The predicted molar refractivity (Wildman–Crippen MR) is 93.5 cm³/mol. The second-order valence-electron chi connectivity index (χ2n) is 4.34. The number of phenolic OH excluding ortho intramolecular Hbond substituents is 1. The lowest BCUT2D eigenvalue weighted by Gasteiger charge is -2.12. The van der Waals surface area contributed by atoms with Crippen molar-refractivity contribution in [3.05, 3.63) is 49.9 Å². The van der Waals surface area contributed by atoms with Crippen LogP contribution in [0.2, 0.25) is 5.02 Å². The summed E-state index contributed by atoms with van der Waals surface area (Å²) in [5.74, 6) is 0.878.